The fourth-order valence-electron chi connectivity index (χ4n) is 3.90. The van der Waals surface area contributed by atoms with Gasteiger partial charge in [-0.2, -0.15) is 0 Å². The third-order valence-corrected chi connectivity index (χ3v) is 5.99. The second-order valence-electron chi connectivity index (χ2n) is 10.9. The molecular formula is C30H33F4N3O4. The minimum Gasteiger partial charge on any atom is -0.493 e. The first kappa shape index (κ1) is 31.4. The molecule has 0 aliphatic rings. The minimum absolute atomic E-state index is 0.0158. The lowest BCUT2D eigenvalue weighted by atomic mass is 9.99. The molecule has 0 saturated heterocycles. The summed E-state index contributed by atoms with van der Waals surface area (Å²) in [5.74, 6) is -4.93. The van der Waals surface area contributed by atoms with E-state index in [9.17, 15) is 18.4 Å². The van der Waals surface area contributed by atoms with E-state index >= 15 is 8.78 Å². The number of rotatable bonds is 10. The van der Waals surface area contributed by atoms with Gasteiger partial charge in [-0.15, -0.1) is 0 Å². The number of nitrogens with two attached hydrogens (primary N) is 1. The van der Waals surface area contributed by atoms with Crippen LogP contribution in [0.25, 0.3) is 11.3 Å². The van der Waals surface area contributed by atoms with E-state index in [1.807, 2.05) is 0 Å². The van der Waals surface area contributed by atoms with Crippen LogP contribution in [0.3, 0.4) is 0 Å². The molecular weight excluding hydrogens is 542 g/mol. The van der Waals surface area contributed by atoms with Gasteiger partial charge in [0.05, 0.1) is 6.61 Å². The zero-order valence-corrected chi connectivity index (χ0v) is 23.5. The second-order valence-corrected chi connectivity index (χ2v) is 10.9. The molecule has 3 aromatic rings. The first-order valence-electron chi connectivity index (χ1n) is 12.8. The van der Waals surface area contributed by atoms with Crippen LogP contribution in [-0.4, -0.2) is 34.8 Å². The topological polar surface area (TPSA) is 95.6 Å². The molecule has 0 fully saturated rings. The Labute approximate surface area is 235 Å². The molecule has 0 radical (unpaired) electrons. The molecule has 0 aliphatic heterocycles. The average Bonchev–Trinajstić information content (AvgIpc) is 2.84. The van der Waals surface area contributed by atoms with Gasteiger partial charge in [0.1, 0.15) is 40.0 Å². The molecule has 0 atom stereocenters. The third kappa shape index (κ3) is 7.55. The Kier molecular flexibility index (Phi) is 9.33. The third-order valence-electron chi connectivity index (χ3n) is 5.99. The Morgan fingerprint density at radius 2 is 1.56 bits per heavy atom. The van der Waals surface area contributed by atoms with Crippen LogP contribution >= 0.6 is 0 Å². The first-order valence-corrected chi connectivity index (χ1v) is 12.8. The maximum Gasteiger partial charge on any atom is 0.326 e. The van der Waals surface area contributed by atoms with Gasteiger partial charge in [0.2, 0.25) is 0 Å². The van der Waals surface area contributed by atoms with Gasteiger partial charge < -0.3 is 20.5 Å². The van der Waals surface area contributed by atoms with Crippen molar-refractivity contribution in [2.75, 3.05) is 18.9 Å². The molecule has 3 N–H and O–H groups in total. The molecule has 1 aromatic heterocycles. The van der Waals surface area contributed by atoms with E-state index in [0.717, 1.165) is 30.3 Å². The molecule has 3 rings (SSSR count). The van der Waals surface area contributed by atoms with Crippen molar-refractivity contribution in [1.29, 1.82) is 0 Å². The molecule has 0 aliphatic carbocycles. The van der Waals surface area contributed by atoms with Crippen LogP contribution in [0.1, 0.15) is 52.2 Å². The van der Waals surface area contributed by atoms with Gasteiger partial charge in [-0.25, -0.2) is 17.6 Å². The number of carbonyl (C=O) groups is 1. The highest BCUT2D eigenvalue weighted by Gasteiger charge is 2.31. The number of aromatic nitrogens is 1. The van der Waals surface area contributed by atoms with Crippen LogP contribution < -0.4 is 21.3 Å². The van der Waals surface area contributed by atoms with Crippen molar-refractivity contribution in [3.05, 3.63) is 93.8 Å². The van der Waals surface area contributed by atoms with Crippen LogP contribution in [-0.2, 0) is 9.53 Å². The SMILES string of the molecule is C=C(c1ccc(F)cc1F)c1ccc(=O)n(-c2c(F)cc(OCCCNC(C)(C)C(=O)OC(C)(C)C)cc2F)c1N. The minimum atomic E-state index is -1.13. The van der Waals surface area contributed by atoms with Gasteiger partial charge in [-0.3, -0.25) is 14.2 Å². The lowest BCUT2D eigenvalue weighted by Gasteiger charge is -2.29. The number of carbonyl (C=O) groups excluding carboxylic acids is 1. The molecule has 2 aromatic carbocycles. The molecule has 0 bridgehead atoms. The van der Waals surface area contributed by atoms with Crippen LogP contribution in [0.15, 0.2) is 53.8 Å². The Morgan fingerprint density at radius 1 is 0.951 bits per heavy atom. The van der Waals surface area contributed by atoms with Gasteiger partial charge in [0.25, 0.3) is 5.56 Å². The van der Waals surface area contributed by atoms with Crippen molar-refractivity contribution in [3.8, 4) is 11.4 Å². The molecule has 0 saturated carbocycles. The van der Waals surface area contributed by atoms with Crippen LogP contribution in [0.2, 0.25) is 0 Å². The highest BCUT2D eigenvalue weighted by Crippen LogP contribution is 2.31. The predicted octanol–water partition coefficient (Wildman–Crippen LogP) is 5.52. The number of hydrogen-bond acceptors (Lipinski definition) is 6. The molecule has 41 heavy (non-hydrogen) atoms. The highest BCUT2D eigenvalue weighted by molar-refractivity contribution is 5.83. The number of pyridine rings is 1. The van der Waals surface area contributed by atoms with E-state index in [1.54, 1.807) is 34.6 Å². The van der Waals surface area contributed by atoms with E-state index in [0.29, 0.717) is 23.6 Å². The fourth-order valence-corrected chi connectivity index (χ4v) is 3.90. The first-order chi connectivity index (χ1) is 19.0. The Bertz CT molecular complexity index is 1500. The maximum atomic E-state index is 15.2. The fraction of sp³-hybridized carbons (Fsp3) is 0.333. The number of nitrogens with one attached hydrogen (secondary N) is 1. The summed E-state index contributed by atoms with van der Waals surface area (Å²) in [6.45, 7) is 12.9. The average molecular weight is 576 g/mol. The van der Waals surface area contributed by atoms with Gasteiger partial charge in [-0.1, -0.05) is 6.58 Å². The zero-order valence-electron chi connectivity index (χ0n) is 23.5. The van der Waals surface area contributed by atoms with E-state index < -0.39 is 57.4 Å². The summed E-state index contributed by atoms with van der Waals surface area (Å²) in [5.41, 5.74) is 2.84. The number of anilines is 1. The monoisotopic (exact) mass is 575 g/mol. The van der Waals surface area contributed by atoms with Crippen LogP contribution in [0.4, 0.5) is 23.4 Å². The number of ether oxygens (including phenoxy) is 2. The lowest BCUT2D eigenvalue weighted by Crippen LogP contribution is -2.50. The zero-order chi connectivity index (χ0) is 30.7. The van der Waals surface area contributed by atoms with E-state index in [-0.39, 0.29) is 29.1 Å². The number of hydrogen-bond donors (Lipinski definition) is 2. The number of esters is 1. The maximum absolute atomic E-state index is 15.2. The summed E-state index contributed by atoms with van der Waals surface area (Å²) in [6, 6.07) is 6.88. The Hall–Kier alpha value is -4.12. The van der Waals surface area contributed by atoms with E-state index in [1.165, 1.54) is 6.07 Å². The quantitative estimate of drug-likeness (QED) is 0.188. The van der Waals surface area contributed by atoms with Crippen LogP contribution in [0, 0.1) is 23.3 Å². The van der Waals surface area contributed by atoms with Crippen molar-refractivity contribution in [2.24, 2.45) is 0 Å². The Balaban J connectivity index is 1.75. The van der Waals surface area contributed by atoms with Crippen molar-refractivity contribution < 1.29 is 31.8 Å². The Morgan fingerprint density at radius 3 is 2.15 bits per heavy atom. The predicted molar refractivity (Wildman–Crippen MR) is 149 cm³/mol. The highest BCUT2D eigenvalue weighted by atomic mass is 19.1. The number of benzene rings is 2. The summed E-state index contributed by atoms with van der Waals surface area (Å²) < 4.78 is 69.4. The molecule has 0 amide bonds. The smallest absolute Gasteiger partial charge is 0.326 e. The summed E-state index contributed by atoms with van der Waals surface area (Å²) in [4.78, 5) is 25.0. The number of nitrogen functional groups attached to an aromatic ring is 1. The van der Waals surface area contributed by atoms with Crippen molar-refractivity contribution in [2.45, 2.75) is 52.2 Å². The molecule has 7 nitrogen and oxygen atoms in total. The number of halogens is 4. The molecule has 1 heterocycles. The van der Waals surface area contributed by atoms with E-state index in [4.69, 9.17) is 15.2 Å². The largest absolute Gasteiger partial charge is 0.493 e. The molecule has 11 heteroatoms. The van der Waals surface area contributed by atoms with Crippen molar-refractivity contribution in [1.82, 2.24) is 9.88 Å². The number of nitrogens with zero attached hydrogens (tertiary/aromatic N) is 1. The van der Waals surface area contributed by atoms with Gasteiger partial charge in [-0.05, 0) is 71.4 Å². The van der Waals surface area contributed by atoms with Crippen molar-refractivity contribution in [3.63, 3.8) is 0 Å². The molecule has 220 valence electrons. The van der Waals surface area contributed by atoms with Gasteiger partial charge in [0.15, 0.2) is 11.6 Å². The summed E-state index contributed by atoms with van der Waals surface area (Å²) in [6.07, 6.45) is 0.397. The molecule has 0 unspecified atom stereocenters. The normalized spacial score (nSPS) is 11.8. The standard InChI is InChI=1S/C30H33F4N3O4/c1-17(20-9-8-18(31)14-22(20)32)21-10-11-25(38)37(27(21)35)26-23(33)15-19(16-24(26)34)40-13-7-12-36-30(5,6)28(39)41-29(2,3)4/h8-11,14-16,36H,1,7,12-13,35H2,2-6H3. The summed E-state index contributed by atoms with van der Waals surface area (Å²) >= 11 is 0. The molecule has 0 spiro atoms. The van der Waals surface area contributed by atoms with E-state index in [2.05, 4.69) is 11.9 Å². The van der Waals surface area contributed by atoms with Crippen molar-refractivity contribution >= 4 is 17.4 Å². The van der Waals surface area contributed by atoms with Gasteiger partial charge >= 0.3 is 5.97 Å². The summed E-state index contributed by atoms with van der Waals surface area (Å²) in [5, 5.41) is 3.06. The second kappa shape index (κ2) is 12.2. The van der Waals surface area contributed by atoms with Gasteiger partial charge in [0, 0.05) is 35.4 Å². The summed E-state index contributed by atoms with van der Waals surface area (Å²) in [7, 11) is 0. The lowest BCUT2D eigenvalue weighted by molar-refractivity contribution is -0.161. The van der Waals surface area contributed by atoms with Crippen LogP contribution in [0.5, 0.6) is 5.75 Å².